The molecule has 0 radical (unpaired) electrons. The number of amides is 1. The van der Waals surface area contributed by atoms with Gasteiger partial charge in [-0.15, -0.1) is 0 Å². The zero-order valence-corrected chi connectivity index (χ0v) is 15.2. The summed E-state index contributed by atoms with van der Waals surface area (Å²) in [6.07, 6.45) is 3.06. The summed E-state index contributed by atoms with van der Waals surface area (Å²) in [5, 5.41) is 3.51. The third-order valence-corrected chi connectivity index (χ3v) is 4.26. The first-order valence-corrected chi connectivity index (χ1v) is 8.82. The van der Waals surface area contributed by atoms with Crippen molar-refractivity contribution in [1.82, 2.24) is 4.98 Å². The molecule has 7 heteroatoms. The third-order valence-electron chi connectivity index (χ3n) is 4.26. The molecule has 0 bridgehead atoms. The summed E-state index contributed by atoms with van der Waals surface area (Å²) >= 11 is 0. The Morgan fingerprint density at radius 2 is 2.00 bits per heavy atom. The van der Waals surface area contributed by atoms with Crippen LogP contribution in [0.2, 0.25) is 0 Å². The average Bonchev–Trinajstić information content (AvgIpc) is 3.31. The number of hydrogen-bond donors (Lipinski definition) is 2. The first-order valence-electron chi connectivity index (χ1n) is 8.82. The summed E-state index contributed by atoms with van der Waals surface area (Å²) in [4.78, 5) is 27.7. The highest BCUT2D eigenvalue weighted by molar-refractivity contribution is 6.13. The molecule has 2 aromatic carbocycles. The Morgan fingerprint density at radius 3 is 2.86 bits per heavy atom. The predicted octanol–water partition coefficient (Wildman–Crippen LogP) is 3.73. The molecular weight excluding hydrogens is 360 g/mol. The van der Waals surface area contributed by atoms with E-state index >= 15 is 0 Å². The number of anilines is 1. The Kier molecular flexibility index (Phi) is 4.72. The van der Waals surface area contributed by atoms with E-state index in [9.17, 15) is 9.59 Å². The summed E-state index contributed by atoms with van der Waals surface area (Å²) in [5.41, 5.74) is 2.15. The molecule has 1 aliphatic rings. The molecule has 0 unspecified atom stereocenters. The highest BCUT2D eigenvalue weighted by Crippen LogP contribution is 2.33. The largest absolute Gasteiger partial charge is 0.461 e. The second-order valence-corrected chi connectivity index (χ2v) is 6.08. The molecule has 1 amide bonds. The molecular formula is C21H18N2O5. The Balaban J connectivity index is 1.58. The van der Waals surface area contributed by atoms with Crippen LogP contribution in [-0.4, -0.2) is 30.3 Å². The minimum absolute atomic E-state index is 0.195. The smallest absolute Gasteiger partial charge is 0.356 e. The molecule has 0 saturated heterocycles. The zero-order chi connectivity index (χ0) is 19.5. The van der Waals surface area contributed by atoms with Gasteiger partial charge < -0.3 is 24.5 Å². The molecule has 0 atom stereocenters. The number of nitrogens with one attached hydrogen (secondary N) is 2. The number of carbonyl (C=O) groups excluding carboxylic acids is 2. The average molecular weight is 378 g/mol. The number of para-hydroxylation sites is 1. The predicted molar refractivity (Wildman–Crippen MR) is 104 cm³/mol. The SMILES string of the molecule is CCOC(=O)c1[nH]c2ccccc2c1NC(=O)C=Cc1ccc2c(c1)OCO2. The number of aromatic amines is 1. The third kappa shape index (κ3) is 3.42. The van der Waals surface area contributed by atoms with Crippen LogP contribution in [0.25, 0.3) is 17.0 Å². The van der Waals surface area contributed by atoms with Crippen LogP contribution >= 0.6 is 0 Å². The second-order valence-electron chi connectivity index (χ2n) is 6.08. The monoisotopic (exact) mass is 378 g/mol. The van der Waals surface area contributed by atoms with Crippen LogP contribution in [0.5, 0.6) is 11.5 Å². The van der Waals surface area contributed by atoms with Crippen molar-refractivity contribution >= 4 is 34.5 Å². The molecule has 3 aromatic rings. The number of aromatic nitrogens is 1. The van der Waals surface area contributed by atoms with Gasteiger partial charge in [-0.1, -0.05) is 24.3 Å². The molecule has 1 aliphatic heterocycles. The van der Waals surface area contributed by atoms with Gasteiger partial charge in [-0.05, 0) is 36.8 Å². The fourth-order valence-electron chi connectivity index (χ4n) is 2.98. The van der Waals surface area contributed by atoms with Gasteiger partial charge in [0.15, 0.2) is 11.5 Å². The summed E-state index contributed by atoms with van der Waals surface area (Å²) in [6.45, 7) is 2.17. The van der Waals surface area contributed by atoms with E-state index in [-0.39, 0.29) is 25.0 Å². The first-order chi connectivity index (χ1) is 13.7. The van der Waals surface area contributed by atoms with Crippen molar-refractivity contribution in [3.8, 4) is 11.5 Å². The molecule has 2 heterocycles. The summed E-state index contributed by atoms with van der Waals surface area (Å²) in [7, 11) is 0. The number of H-pyrrole nitrogens is 1. The normalized spacial score (nSPS) is 12.5. The van der Waals surface area contributed by atoms with Gasteiger partial charge in [-0.25, -0.2) is 4.79 Å². The fourth-order valence-corrected chi connectivity index (χ4v) is 2.98. The molecule has 0 aliphatic carbocycles. The zero-order valence-electron chi connectivity index (χ0n) is 15.2. The number of ether oxygens (including phenoxy) is 3. The lowest BCUT2D eigenvalue weighted by atomic mass is 10.2. The quantitative estimate of drug-likeness (QED) is 0.522. The number of rotatable bonds is 5. The van der Waals surface area contributed by atoms with Gasteiger partial charge in [0.25, 0.3) is 0 Å². The highest BCUT2D eigenvalue weighted by atomic mass is 16.7. The minimum atomic E-state index is -0.520. The van der Waals surface area contributed by atoms with E-state index in [1.165, 1.54) is 6.08 Å². The van der Waals surface area contributed by atoms with E-state index in [2.05, 4.69) is 10.3 Å². The van der Waals surface area contributed by atoms with E-state index in [1.807, 2.05) is 30.3 Å². The lowest BCUT2D eigenvalue weighted by Gasteiger charge is -2.05. The number of benzene rings is 2. The van der Waals surface area contributed by atoms with Crippen molar-refractivity contribution in [3.05, 3.63) is 59.8 Å². The van der Waals surface area contributed by atoms with Crippen molar-refractivity contribution < 1.29 is 23.8 Å². The van der Waals surface area contributed by atoms with Crippen LogP contribution in [0.1, 0.15) is 23.0 Å². The molecule has 0 spiro atoms. The molecule has 1 aromatic heterocycles. The topological polar surface area (TPSA) is 89.7 Å². The van der Waals surface area contributed by atoms with E-state index in [4.69, 9.17) is 14.2 Å². The molecule has 7 nitrogen and oxygen atoms in total. The van der Waals surface area contributed by atoms with E-state index in [1.54, 1.807) is 25.1 Å². The maximum absolute atomic E-state index is 12.5. The van der Waals surface area contributed by atoms with Gasteiger partial charge in [-0.2, -0.15) is 0 Å². The van der Waals surface area contributed by atoms with E-state index in [0.717, 1.165) is 16.5 Å². The molecule has 2 N–H and O–H groups in total. The van der Waals surface area contributed by atoms with Crippen molar-refractivity contribution in [1.29, 1.82) is 0 Å². The number of fused-ring (bicyclic) bond motifs is 2. The van der Waals surface area contributed by atoms with Crippen LogP contribution < -0.4 is 14.8 Å². The Bertz CT molecular complexity index is 1080. The number of carbonyl (C=O) groups is 2. The molecule has 142 valence electrons. The van der Waals surface area contributed by atoms with Gasteiger partial charge in [0.05, 0.1) is 12.3 Å². The fraction of sp³-hybridized carbons (Fsp3) is 0.143. The van der Waals surface area contributed by atoms with Crippen LogP contribution in [0.15, 0.2) is 48.5 Å². The minimum Gasteiger partial charge on any atom is -0.461 e. The van der Waals surface area contributed by atoms with E-state index in [0.29, 0.717) is 17.2 Å². The van der Waals surface area contributed by atoms with Gasteiger partial charge in [0.2, 0.25) is 12.7 Å². The summed E-state index contributed by atoms with van der Waals surface area (Å²) < 4.78 is 15.7. The molecule has 0 saturated carbocycles. The van der Waals surface area contributed by atoms with E-state index < -0.39 is 5.97 Å². The van der Waals surface area contributed by atoms with Crippen LogP contribution in [0.4, 0.5) is 5.69 Å². The molecule has 0 fully saturated rings. The highest BCUT2D eigenvalue weighted by Gasteiger charge is 2.20. The number of hydrogen-bond acceptors (Lipinski definition) is 5. The second kappa shape index (κ2) is 7.48. The Hall–Kier alpha value is -3.74. The van der Waals surface area contributed by atoms with Crippen molar-refractivity contribution in [3.63, 3.8) is 0 Å². The summed E-state index contributed by atoms with van der Waals surface area (Å²) in [6, 6.07) is 12.7. The number of esters is 1. The Morgan fingerprint density at radius 1 is 1.18 bits per heavy atom. The lowest BCUT2D eigenvalue weighted by molar-refractivity contribution is -0.111. The summed E-state index contributed by atoms with van der Waals surface area (Å²) in [5.74, 6) is 0.435. The lowest BCUT2D eigenvalue weighted by Crippen LogP contribution is -2.13. The van der Waals surface area contributed by atoms with Gasteiger partial charge >= 0.3 is 5.97 Å². The van der Waals surface area contributed by atoms with Crippen molar-refractivity contribution in [2.45, 2.75) is 6.92 Å². The van der Waals surface area contributed by atoms with Gasteiger partial charge in [0.1, 0.15) is 5.69 Å². The first kappa shape index (κ1) is 17.7. The maximum Gasteiger partial charge on any atom is 0.356 e. The van der Waals surface area contributed by atoms with Crippen molar-refractivity contribution in [2.75, 3.05) is 18.7 Å². The maximum atomic E-state index is 12.5. The standard InChI is InChI=1S/C21H18N2O5/c1-2-26-21(25)20-19(14-5-3-4-6-15(14)22-20)23-18(24)10-8-13-7-9-16-17(11-13)28-12-27-16/h3-11,22H,2,12H2,1H3,(H,23,24). The van der Waals surface area contributed by atoms with Crippen LogP contribution in [0, 0.1) is 0 Å². The van der Waals surface area contributed by atoms with Crippen LogP contribution in [0.3, 0.4) is 0 Å². The van der Waals surface area contributed by atoms with Gasteiger partial charge in [-0.3, -0.25) is 4.79 Å². The van der Waals surface area contributed by atoms with Gasteiger partial charge in [0, 0.05) is 17.0 Å². The molecule has 28 heavy (non-hydrogen) atoms. The van der Waals surface area contributed by atoms with Crippen molar-refractivity contribution in [2.24, 2.45) is 0 Å². The Labute approximate surface area is 160 Å². The molecule has 4 rings (SSSR count). The van der Waals surface area contributed by atoms with Crippen LogP contribution in [-0.2, 0) is 9.53 Å².